The predicted octanol–water partition coefficient (Wildman–Crippen LogP) is 2.12. The largest absolute Gasteiger partial charge is 0.323 e. The highest BCUT2D eigenvalue weighted by Crippen LogP contribution is 2.28. The standard InChI is InChI=1S/C13H24N2O/c1-3-12-14-9-13(16)15(12)11-6-4-5-10(2)7-8-11/h10-12,14H,3-9H2,1-2H3. The molecule has 2 fully saturated rings. The van der Waals surface area contributed by atoms with E-state index in [2.05, 4.69) is 24.1 Å². The van der Waals surface area contributed by atoms with Gasteiger partial charge in [-0.15, -0.1) is 0 Å². The van der Waals surface area contributed by atoms with Crippen molar-refractivity contribution in [2.45, 2.75) is 64.6 Å². The SMILES string of the molecule is CCC1NCC(=O)N1C1CCCC(C)CC1. The number of nitrogens with zero attached hydrogens (tertiary/aromatic N) is 1. The van der Waals surface area contributed by atoms with E-state index in [9.17, 15) is 4.79 Å². The highest BCUT2D eigenvalue weighted by atomic mass is 16.2. The summed E-state index contributed by atoms with van der Waals surface area (Å²) in [6, 6.07) is 0.498. The van der Waals surface area contributed by atoms with E-state index in [4.69, 9.17) is 0 Å². The molecule has 0 aromatic carbocycles. The van der Waals surface area contributed by atoms with Crippen LogP contribution < -0.4 is 5.32 Å². The molecule has 1 saturated carbocycles. The number of carbonyl (C=O) groups excluding carboxylic acids is 1. The van der Waals surface area contributed by atoms with Crippen LogP contribution in [-0.4, -0.2) is 29.6 Å². The van der Waals surface area contributed by atoms with Crippen molar-refractivity contribution in [3.8, 4) is 0 Å². The minimum atomic E-state index is 0.297. The minimum Gasteiger partial charge on any atom is -0.323 e. The maximum atomic E-state index is 11.9. The molecule has 0 spiro atoms. The molecule has 1 saturated heterocycles. The highest BCUT2D eigenvalue weighted by molar-refractivity contribution is 5.81. The molecule has 1 amide bonds. The first-order valence-electron chi connectivity index (χ1n) is 6.77. The quantitative estimate of drug-likeness (QED) is 0.729. The van der Waals surface area contributed by atoms with Crippen molar-refractivity contribution in [3.63, 3.8) is 0 Å². The fourth-order valence-electron chi connectivity index (χ4n) is 3.11. The van der Waals surface area contributed by atoms with Gasteiger partial charge in [-0.2, -0.15) is 0 Å². The Morgan fingerprint density at radius 3 is 2.88 bits per heavy atom. The third kappa shape index (κ3) is 2.40. The fraction of sp³-hybridized carbons (Fsp3) is 0.923. The Bertz CT molecular complexity index is 254. The second-order valence-corrected chi connectivity index (χ2v) is 5.37. The van der Waals surface area contributed by atoms with Crippen molar-refractivity contribution >= 4 is 5.91 Å². The summed E-state index contributed by atoms with van der Waals surface area (Å²) in [5.41, 5.74) is 0. The molecule has 3 atom stereocenters. The summed E-state index contributed by atoms with van der Waals surface area (Å²) < 4.78 is 0. The van der Waals surface area contributed by atoms with Crippen LogP contribution in [0.4, 0.5) is 0 Å². The minimum absolute atomic E-state index is 0.297. The van der Waals surface area contributed by atoms with E-state index in [-0.39, 0.29) is 0 Å². The summed E-state index contributed by atoms with van der Waals surface area (Å²) in [4.78, 5) is 14.0. The van der Waals surface area contributed by atoms with Gasteiger partial charge in [0, 0.05) is 6.04 Å². The molecule has 1 heterocycles. The van der Waals surface area contributed by atoms with Crippen LogP contribution >= 0.6 is 0 Å². The average molecular weight is 224 g/mol. The lowest BCUT2D eigenvalue weighted by Crippen LogP contribution is -2.44. The second kappa shape index (κ2) is 5.17. The first-order valence-corrected chi connectivity index (χ1v) is 6.77. The Morgan fingerprint density at radius 2 is 2.12 bits per heavy atom. The lowest BCUT2D eigenvalue weighted by Gasteiger charge is -2.31. The summed E-state index contributed by atoms with van der Waals surface area (Å²) in [5.74, 6) is 1.15. The van der Waals surface area contributed by atoms with Gasteiger partial charge in [-0.3, -0.25) is 10.1 Å². The van der Waals surface area contributed by atoms with Crippen LogP contribution in [0.3, 0.4) is 0 Å². The zero-order chi connectivity index (χ0) is 11.5. The molecule has 2 rings (SSSR count). The van der Waals surface area contributed by atoms with Crippen LogP contribution in [0.1, 0.15) is 52.4 Å². The molecular formula is C13H24N2O. The van der Waals surface area contributed by atoms with Crippen molar-refractivity contribution in [1.29, 1.82) is 0 Å². The number of hydrogen-bond acceptors (Lipinski definition) is 2. The van der Waals surface area contributed by atoms with Gasteiger partial charge < -0.3 is 4.90 Å². The molecular weight excluding hydrogens is 200 g/mol. The predicted molar refractivity (Wildman–Crippen MR) is 65.0 cm³/mol. The molecule has 3 nitrogen and oxygen atoms in total. The van der Waals surface area contributed by atoms with Gasteiger partial charge in [-0.1, -0.05) is 26.7 Å². The first kappa shape index (κ1) is 11.9. The zero-order valence-corrected chi connectivity index (χ0v) is 10.5. The fourth-order valence-corrected chi connectivity index (χ4v) is 3.11. The van der Waals surface area contributed by atoms with Gasteiger partial charge in [0.1, 0.15) is 0 Å². The van der Waals surface area contributed by atoms with Gasteiger partial charge in [-0.25, -0.2) is 0 Å². The van der Waals surface area contributed by atoms with Crippen LogP contribution in [0, 0.1) is 5.92 Å². The zero-order valence-electron chi connectivity index (χ0n) is 10.5. The van der Waals surface area contributed by atoms with Gasteiger partial charge in [-0.05, 0) is 31.6 Å². The Kier molecular flexibility index (Phi) is 3.85. The lowest BCUT2D eigenvalue weighted by atomic mass is 10.0. The molecule has 0 aromatic rings. The molecule has 0 aromatic heterocycles. The van der Waals surface area contributed by atoms with Gasteiger partial charge >= 0.3 is 0 Å². The van der Waals surface area contributed by atoms with E-state index in [0.29, 0.717) is 24.7 Å². The molecule has 1 aliphatic carbocycles. The van der Waals surface area contributed by atoms with Crippen LogP contribution in [-0.2, 0) is 4.79 Å². The van der Waals surface area contributed by atoms with Crippen molar-refractivity contribution in [1.82, 2.24) is 10.2 Å². The monoisotopic (exact) mass is 224 g/mol. The second-order valence-electron chi connectivity index (χ2n) is 5.37. The van der Waals surface area contributed by atoms with Crippen molar-refractivity contribution in [2.24, 2.45) is 5.92 Å². The molecule has 92 valence electrons. The molecule has 1 N–H and O–H groups in total. The van der Waals surface area contributed by atoms with Crippen molar-refractivity contribution in [2.75, 3.05) is 6.54 Å². The summed E-state index contributed by atoms with van der Waals surface area (Å²) in [6.45, 7) is 5.04. The van der Waals surface area contributed by atoms with E-state index in [1.807, 2.05) is 0 Å². The number of amides is 1. The average Bonchev–Trinajstić information content (AvgIpc) is 2.51. The number of nitrogens with one attached hydrogen (secondary N) is 1. The number of carbonyl (C=O) groups is 1. The van der Waals surface area contributed by atoms with Crippen LogP contribution in [0.5, 0.6) is 0 Å². The third-order valence-corrected chi connectivity index (χ3v) is 4.12. The molecule has 0 radical (unpaired) electrons. The maximum absolute atomic E-state index is 11.9. The molecule has 0 bridgehead atoms. The normalized spacial score (nSPS) is 36.5. The van der Waals surface area contributed by atoms with E-state index < -0.39 is 0 Å². The summed E-state index contributed by atoms with van der Waals surface area (Å²) >= 11 is 0. The van der Waals surface area contributed by atoms with Gasteiger partial charge in [0.2, 0.25) is 5.91 Å². The Hall–Kier alpha value is -0.570. The first-order chi connectivity index (χ1) is 7.72. The molecule has 1 aliphatic heterocycles. The smallest absolute Gasteiger partial charge is 0.238 e. The topological polar surface area (TPSA) is 32.3 Å². The van der Waals surface area contributed by atoms with Crippen LogP contribution in [0.15, 0.2) is 0 Å². The highest BCUT2D eigenvalue weighted by Gasteiger charge is 2.35. The van der Waals surface area contributed by atoms with Crippen molar-refractivity contribution in [3.05, 3.63) is 0 Å². The molecule has 3 heteroatoms. The third-order valence-electron chi connectivity index (χ3n) is 4.12. The van der Waals surface area contributed by atoms with Crippen LogP contribution in [0.25, 0.3) is 0 Å². The summed E-state index contributed by atoms with van der Waals surface area (Å²) in [5, 5.41) is 3.31. The molecule has 16 heavy (non-hydrogen) atoms. The van der Waals surface area contributed by atoms with E-state index >= 15 is 0 Å². The number of rotatable bonds is 2. The Labute approximate surface area is 98.6 Å². The Balaban J connectivity index is 2.01. The number of hydrogen-bond donors (Lipinski definition) is 1. The molecule has 2 aliphatic rings. The Morgan fingerprint density at radius 1 is 1.31 bits per heavy atom. The summed E-state index contributed by atoms with van der Waals surface area (Å²) in [6.07, 6.45) is 7.63. The van der Waals surface area contributed by atoms with E-state index in [1.165, 1.54) is 32.1 Å². The van der Waals surface area contributed by atoms with Gasteiger partial charge in [0.25, 0.3) is 0 Å². The van der Waals surface area contributed by atoms with E-state index in [1.54, 1.807) is 0 Å². The van der Waals surface area contributed by atoms with Gasteiger partial charge in [0.15, 0.2) is 0 Å². The maximum Gasteiger partial charge on any atom is 0.238 e. The lowest BCUT2D eigenvalue weighted by molar-refractivity contribution is -0.130. The van der Waals surface area contributed by atoms with Crippen molar-refractivity contribution < 1.29 is 4.79 Å². The van der Waals surface area contributed by atoms with E-state index in [0.717, 1.165) is 12.3 Å². The van der Waals surface area contributed by atoms with Crippen LogP contribution in [0.2, 0.25) is 0 Å². The molecule has 3 unspecified atom stereocenters. The van der Waals surface area contributed by atoms with Gasteiger partial charge in [0.05, 0.1) is 12.7 Å². The summed E-state index contributed by atoms with van der Waals surface area (Å²) in [7, 11) is 0.